The zero-order chi connectivity index (χ0) is 41.6. The number of benzene rings is 2. The molecule has 0 unspecified atom stereocenters. The molecule has 0 saturated carbocycles. The van der Waals surface area contributed by atoms with E-state index in [-0.39, 0.29) is 36.0 Å². The predicted octanol–water partition coefficient (Wildman–Crippen LogP) is -3.92. The van der Waals surface area contributed by atoms with Crippen molar-refractivity contribution in [2.75, 3.05) is 33.5 Å². The molecule has 0 radical (unpaired) electrons. The lowest BCUT2D eigenvalue weighted by Gasteiger charge is -2.48. The minimum absolute atomic E-state index is 0.115. The third kappa shape index (κ3) is 10.5. The molecule has 0 bridgehead atoms. The highest BCUT2D eigenvalue weighted by Gasteiger charge is 2.54. The SMILES string of the molecule is COc1cc(/C=C\C(=O)OC[C@@H]2O[C@H](OCCc3ccc(O)c(O)c3)[C@H](O)[C@@H](O[C@@H]3O[C@@H](CO)[C@@H](O)[C@H](O)[C@H]3O[C@@H]3O[C@@H](CO)[C@@H](O)[C@H](O)[C@H]3O)[C@@H]2O)ccc1O. The van der Waals surface area contributed by atoms with Crippen molar-refractivity contribution >= 4 is 12.0 Å². The van der Waals surface area contributed by atoms with Gasteiger partial charge >= 0.3 is 5.97 Å². The smallest absolute Gasteiger partial charge is 0.330 e. The quantitative estimate of drug-likeness (QED) is 0.0464. The molecule has 3 aliphatic heterocycles. The van der Waals surface area contributed by atoms with Gasteiger partial charge in [0.15, 0.2) is 41.9 Å². The Labute approximate surface area is 324 Å². The number of hydrogen-bond donors (Lipinski definition) is 12. The highest BCUT2D eigenvalue weighted by Crippen LogP contribution is 2.34. The molecular formula is C36H48O21. The van der Waals surface area contributed by atoms with Gasteiger partial charge in [-0.15, -0.1) is 0 Å². The summed E-state index contributed by atoms with van der Waals surface area (Å²) in [5.74, 6) is -1.62. The molecule has 0 aliphatic carbocycles. The summed E-state index contributed by atoms with van der Waals surface area (Å²) in [5.41, 5.74) is 0.974. The van der Waals surface area contributed by atoms with Crippen LogP contribution in [0.5, 0.6) is 23.0 Å². The van der Waals surface area contributed by atoms with Crippen molar-refractivity contribution in [3.63, 3.8) is 0 Å². The van der Waals surface area contributed by atoms with Crippen LogP contribution in [-0.2, 0) is 44.4 Å². The first-order valence-electron chi connectivity index (χ1n) is 17.8. The molecule has 5 rings (SSSR count). The summed E-state index contributed by atoms with van der Waals surface area (Å²) >= 11 is 0. The Morgan fingerprint density at radius 1 is 0.667 bits per heavy atom. The number of ether oxygens (including phenoxy) is 8. The van der Waals surface area contributed by atoms with Gasteiger partial charge in [-0.2, -0.15) is 0 Å². The fraction of sp³-hybridized carbons (Fsp3) is 0.583. The molecule has 21 heteroatoms. The second-order valence-electron chi connectivity index (χ2n) is 13.5. The van der Waals surface area contributed by atoms with Gasteiger partial charge in [-0.05, 0) is 47.9 Å². The summed E-state index contributed by atoms with van der Waals surface area (Å²) in [6.07, 6.45) is -24.2. The van der Waals surface area contributed by atoms with Crippen molar-refractivity contribution in [2.24, 2.45) is 0 Å². The Morgan fingerprint density at radius 2 is 1.30 bits per heavy atom. The van der Waals surface area contributed by atoms with E-state index in [1.807, 2.05) is 0 Å². The number of hydrogen-bond acceptors (Lipinski definition) is 21. The Hall–Kier alpha value is -3.75. The number of phenols is 3. The number of carbonyl (C=O) groups excluding carboxylic acids is 1. The molecule has 21 nitrogen and oxygen atoms in total. The molecule has 0 aromatic heterocycles. The van der Waals surface area contributed by atoms with Gasteiger partial charge in [-0.1, -0.05) is 12.1 Å². The van der Waals surface area contributed by atoms with Gasteiger partial charge in [-0.25, -0.2) is 4.79 Å². The van der Waals surface area contributed by atoms with E-state index in [1.54, 1.807) is 0 Å². The van der Waals surface area contributed by atoms with Crippen molar-refractivity contribution in [3.8, 4) is 23.0 Å². The second-order valence-corrected chi connectivity index (χ2v) is 13.5. The summed E-state index contributed by atoms with van der Waals surface area (Å²) in [7, 11) is 1.35. The molecule has 3 aliphatic rings. The maximum Gasteiger partial charge on any atom is 0.330 e. The third-order valence-corrected chi connectivity index (χ3v) is 9.62. The summed E-state index contributed by atoms with van der Waals surface area (Å²) in [5, 5.41) is 125. The van der Waals surface area contributed by atoms with Crippen LogP contribution < -0.4 is 4.74 Å². The number of aliphatic hydroxyl groups is 9. The summed E-state index contributed by atoms with van der Waals surface area (Å²) in [4.78, 5) is 12.7. The predicted molar refractivity (Wildman–Crippen MR) is 186 cm³/mol. The zero-order valence-corrected chi connectivity index (χ0v) is 30.4. The molecule has 0 spiro atoms. The number of aromatic hydroxyl groups is 3. The molecule has 12 N–H and O–H groups in total. The van der Waals surface area contributed by atoms with E-state index >= 15 is 0 Å². The van der Waals surface area contributed by atoms with Crippen molar-refractivity contribution in [1.82, 2.24) is 0 Å². The van der Waals surface area contributed by atoms with E-state index in [0.29, 0.717) is 11.1 Å². The average molecular weight is 817 g/mol. The van der Waals surface area contributed by atoms with E-state index in [2.05, 4.69) is 0 Å². The van der Waals surface area contributed by atoms with E-state index in [9.17, 15) is 66.1 Å². The number of carbonyl (C=O) groups is 1. The summed E-state index contributed by atoms with van der Waals surface area (Å²) in [6, 6.07) is 8.35. The number of phenolic OH excluding ortho intramolecular Hbond substituents is 3. The Bertz CT molecular complexity index is 1640. The second kappa shape index (κ2) is 19.8. The van der Waals surface area contributed by atoms with Gasteiger partial charge < -0.3 is 99.2 Å². The first-order valence-corrected chi connectivity index (χ1v) is 17.8. The van der Waals surface area contributed by atoms with Gasteiger partial charge in [-0.3, -0.25) is 0 Å². The first-order chi connectivity index (χ1) is 27.2. The summed E-state index contributed by atoms with van der Waals surface area (Å²) < 4.78 is 44.6. The monoisotopic (exact) mass is 816 g/mol. The molecule has 318 valence electrons. The molecule has 2 aromatic carbocycles. The van der Waals surface area contributed by atoms with Gasteiger partial charge in [0.05, 0.1) is 26.9 Å². The van der Waals surface area contributed by atoms with Crippen LogP contribution in [-0.4, -0.2) is 193 Å². The summed E-state index contributed by atoms with van der Waals surface area (Å²) in [6.45, 7) is -2.53. The fourth-order valence-electron chi connectivity index (χ4n) is 6.33. The number of esters is 1. The first kappa shape index (κ1) is 44.4. The van der Waals surface area contributed by atoms with Crippen molar-refractivity contribution in [2.45, 2.75) is 98.5 Å². The van der Waals surface area contributed by atoms with Gasteiger partial charge in [0.25, 0.3) is 0 Å². The molecule has 3 heterocycles. The molecule has 0 amide bonds. The Kier molecular flexibility index (Phi) is 15.4. The molecule has 2 aromatic rings. The normalized spacial score (nSPS) is 35.9. The lowest BCUT2D eigenvalue weighted by molar-refractivity contribution is -0.389. The van der Waals surface area contributed by atoms with E-state index < -0.39 is 118 Å². The topological polar surface area (TPSA) is 334 Å². The molecule has 57 heavy (non-hydrogen) atoms. The Balaban J connectivity index is 1.35. The third-order valence-electron chi connectivity index (χ3n) is 9.62. The molecular weight excluding hydrogens is 768 g/mol. The van der Waals surface area contributed by atoms with Crippen molar-refractivity contribution in [1.29, 1.82) is 0 Å². The van der Waals surface area contributed by atoms with E-state index in [1.165, 1.54) is 49.6 Å². The minimum atomic E-state index is -1.98. The molecule has 3 fully saturated rings. The van der Waals surface area contributed by atoms with Gasteiger partial charge in [0.2, 0.25) is 0 Å². The van der Waals surface area contributed by atoms with Crippen molar-refractivity contribution < 1.29 is 104 Å². The van der Waals surface area contributed by atoms with Crippen LogP contribution in [0, 0.1) is 0 Å². The minimum Gasteiger partial charge on any atom is -0.504 e. The van der Waals surface area contributed by atoms with E-state index in [4.69, 9.17) is 37.9 Å². The largest absolute Gasteiger partial charge is 0.504 e. The zero-order valence-electron chi connectivity index (χ0n) is 30.4. The lowest BCUT2D eigenvalue weighted by atomic mass is 9.96. The van der Waals surface area contributed by atoms with Crippen molar-refractivity contribution in [3.05, 3.63) is 53.6 Å². The van der Waals surface area contributed by atoms with Gasteiger partial charge in [0.1, 0.15) is 79.9 Å². The maximum absolute atomic E-state index is 12.7. The van der Waals surface area contributed by atoms with Crippen LogP contribution in [0.3, 0.4) is 0 Å². The molecule has 3 saturated heterocycles. The lowest BCUT2D eigenvalue weighted by Crippen LogP contribution is -2.67. The number of methoxy groups -OCH3 is 1. The van der Waals surface area contributed by atoms with E-state index in [0.717, 1.165) is 6.08 Å². The van der Waals surface area contributed by atoms with Gasteiger partial charge in [0, 0.05) is 6.08 Å². The highest BCUT2D eigenvalue weighted by atomic mass is 16.8. The van der Waals surface area contributed by atoms with Crippen LogP contribution in [0.1, 0.15) is 11.1 Å². The Morgan fingerprint density at radius 3 is 1.96 bits per heavy atom. The number of rotatable bonds is 15. The van der Waals surface area contributed by atoms with Crippen LogP contribution in [0.2, 0.25) is 0 Å². The fourth-order valence-corrected chi connectivity index (χ4v) is 6.33. The standard InChI is InChI=1S/C36H48O21/c1-50-20-11-15(3-6-18(20)40)4-7-24(42)52-14-23-27(45)32(31(49)34(55-23)51-9-8-16-2-5-17(39)19(41)10-16)56-36-33(29(47)26(44)22(13-38)54-36)57-35-30(48)28(46)25(43)21(12-37)53-35/h2-7,10-11,21-23,25-41,43-49H,8-9,12-14H2,1H3/b7-4-/t21-,22-,23-,25+,26+,27+,28-,29-,30+,31+,32-,33+,34-,35-,36-/m0/s1. The average Bonchev–Trinajstić information content (AvgIpc) is 3.20. The maximum atomic E-state index is 12.7. The van der Waals surface area contributed by atoms with Crippen LogP contribution >= 0.6 is 0 Å². The number of aliphatic hydroxyl groups excluding tert-OH is 9. The van der Waals surface area contributed by atoms with Crippen LogP contribution in [0.25, 0.3) is 6.08 Å². The van der Waals surface area contributed by atoms with Crippen LogP contribution in [0.4, 0.5) is 0 Å². The molecule has 15 atom stereocenters. The van der Waals surface area contributed by atoms with Crippen LogP contribution in [0.15, 0.2) is 42.5 Å². The highest BCUT2D eigenvalue weighted by molar-refractivity contribution is 5.87.